The lowest BCUT2D eigenvalue weighted by atomic mass is 9.91. The normalized spacial score (nSPS) is 21.3. The number of alkyl halides is 4. The Balaban J connectivity index is 1.46. The van der Waals surface area contributed by atoms with Gasteiger partial charge in [0, 0.05) is 63.1 Å². The van der Waals surface area contributed by atoms with Crippen LogP contribution in [0.5, 0.6) is 11.8 Å². The van der Waals surface area contributed by atoms with Gasteiger partial charge < -0.3 is 29.7 Å². The number of fused-ring (bicyclic) bond motifs is 3. The van der Waals surface area contributed by atoms with Crippen LogP contribution in [0.3, 0.4) is 0 Å². The van der Waals surface area contributed by atoms with E-state index in [1.807, 2.05) is 9.80 Å². The van der Waals surface area contributed by atoms with Crippen LogP contribution in [0.25, 0.3) is 22.0 Å². The number of piperazine rings is 1. The first-order valence-electron chi connectivity index (χ1n) is 16.0. The topological polar surface area (TPSA) is 130 Å². The molecule has 6 rings (SSSR count). The van der Waals surface area contributed by atoms with Crippen molar-refractivity contribution in [1.29, 1.82) is 5.26 Å². The summed E-state index contributed by atoms with van der Waals surface area (Å²) in [6.45, 7) is 1.70. The minimum Gasteiger partial charge on any atom is -0.492 e. The van der Waals surface area contributed by atoms with E-state index in [0.29, 0.717) is 35.5 Å². The summed E-state index contributed by atoms with van der Waals surface area (Å²) in [5, 5.41) is 10.1. The highest BCUT2D eigenvalue weighted by Crippen LogP contribution is 2.47. The Morgan fingerprint density at radius 3 is 2.71 bits per heavy atom. The number of benzene rings is 2. The largest absolute Gasteiger partial charge is 0.492 e. The van der Waals surface area contributed by atoms with E-state index in [1.165, 1.54) is 25.3 Å². The fraction of sp³-hybridized carbons (Fsp3) is 0.471. The highest BCUT2D eigenvalue weighted by atomic mass is 19.4. The molecule has 0 aliphatic carbocycles. The zero-order valence-electron chi connectivity index (χ0n) is 27.2. The average molecular weight is 684 g/mol. The number of methoxy groups -OCH3 is 1. The van der Waals surface area contributed by atoms with Crippen LogP contribution < -0.4 is 20.1 Å². The second kappa shape index (κ2) is 14.0. The molecule has 3 aromatic rings. The molecule has 260 valence electrons. The number of nitriles is 1. The standard InChI is InChI=1S/C34H37F4N7O4/c1-43-17-20(35)14-23(43)19-49-33-41-28-16-25(26-15-21(40)5-6-27(26)34(36,37)38)24-8-13-48-31(24)30(28)32(42-33)44-10-11-45(22(18-44)7-9-39)29(46)4-3-12-47-2/h3-6,15-16,20,22-23H,7-8,10-14,17-19,40H2,1-2H3/b4-3+/t20-,22+,23+/m1/s1. The van der Waals surface area contributed by atoms with Gasteiger partial charge in [0.1, 0.15) is 24.3 Å². The monoisotopic (exact) mass is 683 g/mol. The molecule has 3 aliphatic rings. The number of aromatic nitrogens is 2. The van der Waals surface area contributed by atoms with Gasteiger partial charge in [-0.3, -0.25) is 9.69 Å². The van der Waals surface area contributed by atoms with Crippen LogP contribution in [0.4, 0.5) is 29.1 Å². The molecular weight excluding hydrogens is 646 g/mol. The van der Waals surface area contributed by atoms with Crippen LogP contribution in [0.15, 0.2) is 36.4 Å². The van der Waals surface area contributed by atoms with Gasteiger partial charge >= 0.3 is 12.2 Å². The smallest absolute Gasteiger partial charge is 0.417 e. The van der Waals surface area contributed by atoms with Gasteiger partial charge in [-0.2, -0.15) is 28.4 Å². The number of carbonyl (C=O) groups is 1. The van der Waals surface area contributed by atoms with E-state index in [-0.39, 0.29) is 92.6 Å². The maximum Gasteiger partial charge on any atom is 0.417 e. The Labute approximate surface area is 280 Å². The molecule has 2 aromatic carbocycles. The summed E-state index contributed by atoms with van der Waals surface area (Å²) in [5.41, 5.74) is 6.36. The molecule has 0 unspecified atom stereocenters. The van der Waals surface area contributed by atoms with Crippen molar-refractivity contribution < 1.29 is 36.6 Å². The van der Waals surface area contributed by atoms with Crippen LogP contribution in [0, 0.1) is 11.3 Å². The minimum absolute atomic E-state index is 0.0384. The van der Waals surface area contributed by atoms with Crippen molar-refractivity contribution in [1.82, 2.24) is 19.8 Å². The van der Waals surface area contributed by atoms with E-state index in [1.54, 1.807) is 24.1 Å². The Morgan fingerprint density at radius 1 is 1.18 bits per heavy atom. The molecule has 0 spiro atoms. The fourth-order valence-corrected chi connectivity index (χ4v) is 6.83. The van der Waals surface area contributed by atoms with Crippen molar-refractivity contribution in [3.05, 3.63) is 47.5 Å². The van der Waals surface area contributed by atoms with E-state index in [4.69, 9.17) is 24.9 Å². The summed E-state index contributed by atoms with van der Waals surface area (Å²) in [5.74, 6) is 0.511. The molecule has 1 amide bonds. The molecule has 1 aromatic heterocycles. The SMILES string of the molecule is COC/C=C/C(=O)N1CCN(c2nc(OC[C@@H]3C[C@@H](F)CN3C)nc3cc(-c4cc(N)ccc4C(F)(F)F)c4c(c23)OCC4)C[C@@H]1CC#N. The van der Waals surface area contributed by atoms with E-state index in [2.05, 4.69) is 11.1 Å². The van der Waals surface area contributed by atoms with Crippen LogP contribution in [0.1, 0.15) is 24.0 Å². The third-order valence-corrected chi connectivity index (χ3v) is 9.20. The van der Waals surface area contributed by atoms with Crippen LogP contribution in [-0.2, 0) is 22.1 Å². The number of hydrogen-bond acceptors (Lipinski definition) is 10. The second-order valence-electron chi connectivity index (χ2n) is 12.4. The molecule has 49 heavy (non-hydrogen) atoms. The van der Waals surface area contributed by atoms with Crippen molar-refractivity contribution in [2.75, 3.05) is 70.8 Å². The lowest BCUT2D eigenvalue weighted by molar-refractivity contribution is -0.137. The quantitative estimate of drug-likeness (QED) is 0.197. The molecule has 4 heterocycles. The summed E-state index contributed by atoms with van der Waals surface area (Å²) in [7, 11) is 3.32. The van der Waals surface area contributed by atoms with E-state index in [0.717, 1.165) is 6.07 Å². The highest BCUT2D eigenvalue weighted by molar-refractivity contribution is 6.01. The predicted octanol–water partition coefficient (Wildman–Crippen LogP) is 4.39. The Morgan fingerprint density at radius 2 is 2.00 bits per heavy atom. The van der Waals surface area contributed by atoms with E-state index < -0.39 is 24.0 Å². The molecule has 15 heteroatoms. The first-order chi connectivity index (χ1) is 23.5. The van der Waals surface area contributed by atoms with E-state index in [9.17, 15) is 27.6 Å². The average Bonchev–Trinajstić information content (AvgIpc) is 3.68. The lowest BCUT2D eigenvalue weighted by Crippen LogP contribution is -2.55. The number of halogens is 4. The van der Waals surface area contributed by atoms with Crippen molar-refractivity contribution >= 4 is 28.3 Å². The molecule has 0 radical (unpaired) electrons. The Bertz CT molecular complexity index is 1800. The van der Waals surface area contributed by atoms with Gasteiger partial charge in [0.2, 0.25) is 5.91 Å². The van der Waals surface area contributed by atoms with Crippen LogP contribution in [0.2, 0.25) is 0 Å². The van der Waals surface area contributed by atoms with Crippen molar-refractivity contribution in [2.45, 2.75) is 43.7 Å². The van der Waals surface area contributed by atoms with Gasteiger partial charge in [0.05, 0.1) is 48.2 Å². The number of hydrogen-bond donors (Lipinski definition) is 1. The van der Waals surface area contributed by atoms with Gasteiger partial charge in [-0.15, -0.1) is 0 Å². The van der Waals surface area contributed by atoms with Crippen LogP contribution in [-0.4, -0.2) is 104 Å². The molecule has 2 saturated heterocycles. The third-order valence-electron chi connectivity index (χ3n) is 9.20. The molecular formula is C34H37F4N7O4. The second-order valence-corrected chi connectivity index (χ2v) is 12.4. The number of amides is 1. The third kappa shape index (κ3) is 7.06. The molecule has 3 atom stereocenters. The number of anilines is 2. The number of nitrogen functional groups attached to an aromatic ring is 1. The number of rotatable bonds is 9. The molecule has 0 saturated carbocycles. The van der Waals surface area contributed by atoms with Gasteiger partial charge in [-0.05, 0) is 48.9 Å². The summed E-state index contributed by atoms with van der Waals surface area (Å²) in [4.78, 5) is 27.9. The number of likely N-dealkylation sites (tertiary alicyclic amines) is 1. The first-order valence-corrected chi connectivity index (χ1v) is 16.0. The minimum atomic E-state index is -4.65. The lowest BCUT2D eigenvalue weighted by Gasteiger charge is -2.41. The van der Waals surface area contributed by atoms with Gasteiger partial charge in [-0.25, -0.2) is 4.39 Å². The predicted molar refractivity (Wildman–Crippen MR) is 174 cm³/mol. The Kier molecular flexibility index (Phi) is 9.80. The number of likely N-dealkylation sites (N-methyl/N-ethyl adjacent to an activating group) is 1. The van der Waals surface area contributed by atoms with Gasteiger partial charge in [-0.1, -0.05) is 6.08 Å². The van der Waals surface area contributed by atoms with Crippen molar-refractivity contribution in [3.8, 4) is 29.0 Å². The molecule has 11 nitrogen and oxygen atoms in total. The van der Waals surface area contributed by atoms with Crippen molar-refractivity contribution in [3.63, 3.8) is 0 Å². The van der Waals surface area contributed by atoms with Crippen molar-refractivity contribution in [2.24, 2.45) is 0 Å². The summed E-state index contributed by atoms with van der Waals surface area (Å²) in [6, 6.07) is 6.48. The van der Waals surface area contributed by atoms with Gasteiger partial charge in [0.25, 0.3) is 0 Å². The molecule has 0 bridgehead atoms. The van der Waals surface area contributed by atoms with E-state index >= 15 is 0 Å². The van der Waals surface area contributed by atoms with Gasteiger partial charge in [0.15, 0.2) is 0 Å². The molecule has 2 N–H and O–H groups in total. The molecule has 3 aliphatic heterocycles. The summed E-state index contributed by atoms with van der Waals surface area (Å²) < 4.78 is 74.1. The number of nitrogens with two attached hydrogens (primary N) is 1. The number of ether oxygens (including phenoxy) is 3. The summed E-state index contributed by atoms with van der Waals surface area (Å²) >= 11 is 0. The maximum atomic E-state index is 14.3. The summed E-state index contributed by atoms with van der Waals surface area (Å²) in [6.07, 6.45) is -1.93. The number of carbonyl (C=O) groups excluding carboxylic acids is 1. The number of nitrogens with zero attached hydrogens (tertiary/aromatic N) is 6. The maximum absolute atomic E-state index is 14.3. The highest BCUT2D eigenvalue weighted by Gasteiger charge is 2.37. The Hall–Kier alpha value is -4.68. The molecule has 2 fully saturated rings. The zero-order valence-corrected chi connectivity index (χ0v) is 27.2. The fourth-order valence-electron chi connectivity index (χ4n) is 6.83. The zero-order chi connectivity index (χ0) is 34.9. The van der Waals surface area contributed by atoms with Crippen LogP contribution >= 0.6 is 0 Å². The first kappa shape index (κ1) is 34.2.